The molecule has 0 N–H and O–H groups in total. The number of hydrogen-bond donors (Lipinski definition) is 0. The molecular weight excluding hydrogens is 481 g/mol. The molecule has 0 atom stereocenters. The Morgan fingerprint density at radius 3 is 2.78 bits per heavy atom. The highest BCUT2D eigenvalue weighted by molar-refractivity contribution is 14.1. The number of nitrogens with zero attached hydrogens (tertiary/aromatic N) is 1. The normalized spacial score (nSPS) is 10.6. The smallest absolute Gasteiger partial charge is 0.344 e. The van der Waals surface area contributed by atoms with E-state index in [0.29, 0.717) is 16.3 Å². The lowest BCUT2D eigenvalue weighted by Crippen LogP contribution is -2.19. The predicted octanol–water partition coefficient (Wildman–Crippen LogP) is 4.80. The summed E-state index contributed by atoms with van der Waals surface area (Å²) in [4.78, 5) is 16.3. The maximum Gasteiger partial charge on any atom is 0.344 e. The summed E-state index contributed by atoms with van der Waals surface area (Å²) in [5.41, 5.74) is 1.65. The highest BCUT2D eigenvalue weighted by Gasteiger charge is 2.14. The number of esters is 1. The molecule has 0 saturated heterocycles. The number of rotatable bonds is 7. The van der Waals surface area contributed by atoms with Crippen molar-refractivity contribution in [1.29, 1.82) is 0 Å². The molecule has 140 valence electrons. The van der Waals surface area contributed by atoms with E-state index in [-0.39, 0.29) is 19.8 Å². The van der Waals surface area contributed by atoms with Crippen molar-refractivity contribution in [1.82, 2.24) is 4.98 Å². The Labute approximate surface area is 175 Å². The van der Waals surface area contributed by atoms with E-state index in [1.165, 1.54) is 0 Å². The van der Waals surface area contributed by atoms with Gasteiger partial charge in [0.2, 0.25) is 0 Å². The molecule has 0 spiro atoms. The monoisotopic (exact) mass is 497 g/mol. The summed E-state index contributed by atoms with van der Waals surface area (Å²) in [5.74, 6) is 0.819. The van der Waals surface area contributed by atoms with E-state index >= 15 is 0 Å². The SMILES string of the molecule is Cc1ccccc1OCCOC(=O)COc1c(I)cc(Cl)c2cccnc12. The van der Waals surface area contributed by atoms with Gasteiger partial charge in [0, 0.05) is 11.6 Å². The minimum absolute atomic E-state index is 0.146. The van der Waals surface area contributed by atoms with E-state index < -0.39 is 5.97 Å². The lowest BCUT2D eigenvalue weighted by Gasteiger charge is -2.12. The third-order valence-corrected chi connectivity index (χ3v) is 4.90. The molecule has 0 aliphatic heterocycles. The Hall–Kier alpha value is -2.06. The van der Waals surface area contributed by atoms with Gasteiger partial charge in [0.25, 0.3) is 0 Å². The lowest BCUT2D eigenvalue weighted by molar-refractivity contribution is -0.146. The Morgan fingerprint density at radius 1 is 1.15 bits per heavy atom. The van der Waals surface area contributed by atoms with Crippen LogP contribution in [0.15, 0.2) is 48.7 Å². The van der Waals surface area contributed by atoms with Crippen molar-refractivity contribution in [3.63, 3.8) is 0 Å². The second kappa shape index (κ2) is 9.23. The zero-order valence-corrected chi connectivity index (χ0v) is 17.5. The molecule has 1 heterocycles. The number of fused-ring (bicyclic) bond motifs is 1. The maximum absolute atomic E-state index is 12.0. The van der Waals surface area contributed by atoms with Crippen molar-refractivity contribution in [2.24, 2.45) is 0 Å². The van der Waals surface area contributed by atoms with Gasteiger partial charge in [0.1, 0.15) is 24.5 Å². The van der Waals surface area contributed by atoms with Gasteiger partial charge in [-0.3, -0.25) is 4.98 Å². The summed E-state index contributed by atoms with van der Waals surface area (Å²) < 4.78 is 17.2. The summed E-state index contributed by atoms with van der Waals surface area (Å²) in [6.45, 7) is 2.17. The topological polar surface area (TPSA) is 57.7 Å². The summed E-state index contributed by atoms with van der Waals surface area (Å²) in [6, 6.07) is 13.1. The molecule has 7 heteroatoms. The molecular formula is C20H17ClINO4. The molecule has 2 aromatic carbocycles. The predicted molar refractivity (Wildman–Crippen MR) is 113 cm³/mol. The van der Waals surface area contributed by atoms with E-state index in [2.05, 4.69) is 27.6 Å². The number of aromatic nitrogens is 1. The van der Waals surface area contributed by atoms with Crippen LogP contribution in [0.25, 0.3) is 10.9 Å². The average molecular weight is 498 g/mol. The van der Waals surface area contributed by atoms with Gasteiger partial charge in [-0.25, -0.2) is 4.79 Å². The molecule has 27 heavy (non-hydrogen) atoms. The first-order valence-corrected chi connectivity index (χ1v) is 9.71. The van der Waals surface area contributed by atoms with Crippen molar-refractivity contribution in [2.75, 3.05) is 19.8 Å². The van der Waals surface area contributed by atoms with E-state index in [1.54, 1.807) is 18.3 Å². The lowest BCUT2D eigenvalue weighted by atomic mass is 10.2. The molecule has 0 fully saturated rings. The van der Waals surface area contributed by atoms with E-state index in [4.69, 9.17) is 25.8 Å². The number of para-hydroxylation sites is 1. The zero-order valence-electron chi connectivity index (χ0n) is 14.6. The van der Waals surface area contributed by atoms with Gasteiger partial charge >= 0.3 is 5.97 Å². The van der Waals surface area contributed by atoms with Crippen molar-refractivity contribution in [3.05, 3.63) is 62.8 Å². The highest BCUT2D eigenvalue weighted by atomic mass is 127. The molecule has 0 bridgehead atoms. The summed E-state index contributed by atoms with van der Waals surface area (Å²) in [7, 11) is 0. The molecule has 5 nitrogen and oxygen atoms in total. The largest absolute Gasteiger partial charge is 0.490 e. The van der Waals surface area contributed by atoms with Crippen LogP contribution in [-0.4, -0.2) is 30.8 Å². The molecule has 0 unspecified atom stereocenters. The van der Waals surface area contributed by atoms with Crippen LogP contribution in [0.1, 0.15) is 5.56 Å². The van der Waals surface area contributed by atoms with E-state index in [0.717, 1.165) is 20.3 Å². The van der Waals surface area contributed by atoms with Crippen molar-refractivity contribution >= 4 is 51.1 Å². The number of pyridine rings is 1. The Kier molecular flexibility index (Phi) is 6.73. The zero-order chi connectivity index (χ0) is 19.2. The maximum atomic E-state index is 12.0. The second-order valence-corrected chi connectivity index (χ2v) is 7.26. The molecule has 3 aromatic rings. The average Bonchev–Trinajstić information content (AvgIpc) is 2.66. The van der Waals surface area contributed by atoms with Crippen LogP contribution in [-0.2, 0) is 9.53 Å². The fourth-order valence-corrected chi connectivity index (χ4v) is 3.65. The number of aryl methyl sites for hydroxylation is 1. The number of halogens is 2. The summed E-state index contributed by atoms with van der Waals surface area (Å²) >= 11 is 8.34. The van der Waals surface area contributed by atoms with Crippen molar-refractivity contribution in [2.45, 2.75) is 6.92 Å². The summed E-state index contributed by atoms with van der Waals surface area (Å²) in [6.07, 6.45) is 1.66. The number of carbonyl (C=O) groups is 1. The van der Waals surface area contributed by atoms with Gasteiger partial charge in [-0.05, 0) is 59.3 Å². The van der Waals surface area contributed by atoms with Crippen LogP contribution < -0.4 is 9.47 Å². The molecule has 0 amide bonds. The molecule has 0 radical (unpaired) electrons. The number of benzene rings is 2. The van der Waals surface area contributed by atoms with Crippen LogP contribution in [0.3, 0.4) is 0 Å². The van der Waals surface area contributed by atoms with Gasteiger partial charge in [-0.2, -0.15) is 0 Å². The number of hydrogen-bond acceptors (Lipinski definition) is 5. The van der Waals surface area contributed by atoms with Crippen LogP contribution in [0.4, 0.5) is 0 Å². The minimum Gasteiger partial charge on any atom is -0.490 e. The number of carbonyl (C=O) groups excluding carboxylic acids is 1. The third kappa shape index (κ3) is 5.01. The van der Waals surface area contributed by atoms with E-state index in [9.17, 15) is 4.79 Å². The second-order valence-electron chi connectivity index (χ2n) is 5.69. The first-order chi connectivity index (χ1) is 13.1. The van der Waals surface area contributed by atoms with Gasteiger partial charge in [-0.1, -0.05) is 29.8 Å². The fraction of sp³-hybridized carbons (Fsp3) is 0.200. The molecule has 1 aromatic heterocycles. The molecule has 0 aliphatic carbocycles. The standard InChI is InChI=1S/C20H17ClINO4/c1-13-5-2-3-7-17(13)25-9-10-26-18(24)12-27-20-16(22)11-15(21)14-6-4-8-23-19(14)20/h2-8,11H,9-10,12H2,1H3. The molecule has 0 aliphatic rings. The quantitative estimate of drug-likeness (QED) is 0.267. The third-order valence-electron chi connectivity index (χ3n) is 3.78. The Morgan fingerprint density at radius 2 is 1.96 bits per heavy atom. The van der Waals surface area contributed by atoms with Crippen LogP contribution in [0, 0.1) is 10.5 Å². The van der Waals surface area contributed by atoms with Crippen LogP contribution >= 0.6 is 34.2 Å². The summed E-state index contributed by atoms with van der Waals surface area (Å²) in [5, 5.41) is 1.36. The van der Waals surface area contributed by atoms with Gasteiger partial charge in [0.15, 0.2) is 12.4 Å². The first-order valence-electron chi connectivity index (χ1n) is 8.26. The molecule has 0 saturated carbocycles. The Bertz CT molecular complexity index is 964. The number of ether oxygens (including phenoxy) is 3. The Balaban J connectivity index is 1.53. The minimum atomic E-state index is -0.474. The van der Waals surface area contributed by atoms with Gasteiger partial charge in [0.05, 0.1) is 8.59 Å². The van der Waals surface area contributed by atoms with Gasteiger partial charge < -0.3 is 14.2 Å². The fourth-order valence-electron chi connectivity index (χ4n) is 2.48. The van der Waals surface area contributed by atoms with Crippen LogP contribution in [0.5, 0.6) is 11.5 Å². The molecule has 3 rings (SSSR count). The highest BCUT2D eigenvalue weighted by Crippen LogP contribution is 2.34. The van der Waals surface area contributed by atoms with Crippen molar-refractivity contribution < 1.29 is 19.0 Å². The van der Waals surface area contributed by atoms with Crippen molar-refractivity contribution in [3.8, 4) is 11.5 Å². The first kappa shape index (κ1) is 19.7. The van der Waals surface area contributed by atoms with Crippen LogP contribution in [0.2, 0.25) is 5.02 Å². The van der Waals surface area contributed by atoms with E-state index in [1.807, 2.05) is 37.3 Å². The van der Waals surface area contributed by atoms with Gasteiger partial charge in [-0.15, -0.1) is 0 Å².